The Bertz CT molecular complexity index is 1380. The Kier molecular flexibility index (Phi) is 4.03. The first-order chi connectivity index (χ1) is 13.2. The maximum atomic E-state index is 12.8. The van der Waals surface area contributed by atoms with E-state index in [-0.39, 0.29) is 16.6 Å². The molecule has 3 aromatic heterocycles. The molecule has 0 atom stereocenters. The van der Waals surface area contributed by atoms with Crippen molar-refractivity contribution in [3.8, 4) is 0 Å². The molecule has 0 aliphatic heterocycles. The summed E-state index contributed by atoms with van der Waals surface area (Å²) >= 11 is 0. The molecule has 4 aromatic rings. The van der Waals surface area contributed by atoms with Gasteiger partial charge in [0, 0.05) is 25.5 Å². The minimum absolute atomic E-state index is 0.0687. The van der Waals surface area contributed by atoms with Crippen LogP contribution >= 0.6 is 0 Å². The number of hydrogen-bond acceptors (Lipinski definition) is 5. The van der Waals surface area contributed by atoms with Gasteiger partial charge in [0.2, 0.25) is 0 Å². The monoisotopic (exact) mass is 400 g/mol. The molecule has 10 heteroatoms. The summed E-state index contributed by atoms with van der Waals surface area (Å²) in [6.07, 6.45) is 3.13. The van der Waals surface area contributed by atoms with Gasteiger partial charge in [-0.05, 0) is 38.1 Å². The summed E-state index contributed by atoms with van der Waals surface area (Å²) in [5.74, 6) is 0. The fraction of sp³-hybridized carbons (Fsp3) is 0.278. The Morgan fingerprint density at radius 3 is 2.46 bits per heavy atom. The SMILES string of the molecule is CC(C)n1ncc2cc(NS(=O)(=O)c3ccc4c(c3)n(C)c(=O)n4C)cnc21. The van der Waals surface area contributed by atoms with Gasteiger partial charge >= 0.3 is 5.69 Å². The minimum atomic E-state index is -3.85. The van der Waals surface area contributed by atoms with Gasteiger partial charge in [0.25, 0.3) is 10.0 Å². The first kappa shape index (κ1) is 18.2. The molecule has 146 valence electrons. The molecular formula is C18H20N6O3S. The third-order valence-electron chi connectivity index (χ3n) is 4.73. The molecule has 0 saturated heterocycles. The van der Waals surface area contributed by atoms with E-state index in [1.165, 1.54) is 27.5 Å². The van der Waals surface area contributed by atoms with Gasteiger partial charge in [0.05, 0.1) is 34.0 Å². The predicted octanol–water partition coefficient (Wildman–Crippen LogP) is 2.00. The number of imidazole rings is 1. The fourth-order valence-corrected chi connectivity index (χ4v) is 4.30. The highest BCUT2D eigenvalue weighted by Crippen LogP contribution is 2.23. The summed E-state index contributed by atoms with van der Waals surface area (Å²) < 4.78 is 32.9. The number of benzene rings is 1. The van der Waals surface area contributed by atoms with E-state index in [1.807, 2.05) is 13.8 Å². The molecule has 28 heavy (non-hydrogen) atoms. The van der Waals surface area contributed by atoms with E-state index >= 15 is 0 Å². The third-order valence-corrected chi connectivity index (χ3v) is 6.11. The molecule has 0 aliphatic rings. The molecule has 0 fully saturated rings. The minimum Gasteiger partial charge on any atom is -0.295 e. The van der Waals surface area contributed by atoms with Gasteiger partial charge in [-0.15, -0.1) is 0 Å². The van der Waals surface area contributed by atoms with Crippen LogP contribution in [0, 0.1) is 0 Å². The lowest BCUT2D eigenvalue weighted by atomic mass is 10.3. The molecule has 1 aromatic carbocycles. The van der Waals surface area contributed by atoms with Crippen LogP contribution in [-0.4, -0.2) is 32.3 Å². The van der Waals surface area contributed by atoms with Crippen molar-refractivity contribution in [2.75, 3.05) is 4.72 Å². The summed E-state index contributed by atoms with van der Waals surface area (Å²) in [5, 5.41) is 5.03. The molecular weight excluding hydrogens is 380 g/mol. The number of anilines is 1. The van der Waals surface area contributed by atoms with E-state index in [9.17, 15) is 13.2 Å². The Balaban J connectivity index is 1.73. The van der Waals surface area contributed by atoms with Gasteiger partial charge in [-0.2, -0.15) is 5.10 Å². The molecule has 0 aliphatic carbocycles. The van der Waals surface area contributed by atoms with Crippen molar-refractivity contribution >= 4 is 37.8 Å². The summed E-state index contributed by atoms with van der Waals surface area (Å²) in [6, 6.07) is 6.44. The van der Waals surface area contributed by atoms with Crippen LogP contribution in [-0.2, 0) is 24.1 Å². The zero-order valence-electron chi connectivity index (χ0n) is 15.9. The summed E-state index contributed by atoms with van der Waals surface area (Å²) in [6.45, 7) is 4.00. The predicted molar refractivity (Wildman–Crippen MR) is 107 cm³/mol. The molecule has 4 rings (SSSR count). The molecule has 9 nitrogen and oxygen atoms in total. The topological polar surface area (TPSA) is 104 Å². The molecule has 0 bridgehead atoms. The fourth-order valence-electron chi connectivity index (χ4n) is 3.24. The van der Waals surface area contributed by atoms with E-state index in [2.05, 4.69) is 14.8 Å². The van der Waals surface area contributed by atoms with Crippen LogP contribution in [0.3, 0.4) is 0 Å². The van der Waals surface area contributed by atoms with E-state index in [0.29, 0.717) is 22.4 Å². The van der Waals surface area contributed by atoms with Crippen molar-refractivity contribution in [3.63, 3.8) is 0 Å². The Morgan fingerprint density at radius 2 is 1.75 bits per heavy atom. The van der Waals surface area contributed by atoms with Crippen LogP contribution in [0.5, 0.6) is 0 Å². The van der Waals surface area contributed by atoms with E-state index in [0.717, 1.165) is 5.39 Å². The van der Waals surface area contributed by atoms with Gasteiger partial charge in [0.15, 0.2) is 5.65 Å². The lowest BCUT2D eigenvalue weighted by Gasteiger charge is -2.09. The van der Waals surface area contributed by atoms with Crippen LogP contribution in [0.15, 0.2) is 46.3 Å². The average Bonchev–Trinajstić information content (AvgIpc) is 3.16. The quantitative estimate of drug-likeness (QED) is 0.564. The van der Waals surface area contributed by atoms with Gasteiger partial charge < -0.3 is 0 Å². The highest BCUT2D eigenvalue weighted by atomic mass is 32.2. The van der Waals surface area contributed by atoms with Crippen LogP contribution in [0.25, 0.3) is 22.1 Å². The molecule has 0 radical (unpaired) electrons. The molecule has 3 heterocycles. The number of hydrogen-bond donors (Lipinski definition) is 1. The molecule has 0 spiro atoms. The maximum absolute atomic E-state index is 12.8. The van der Waals surface area contributed by atoms with Crippen molar-refractivity contribution in [1.82, 2.24) is 23.9 Å². The van der Waals surface area contributed by atoms with Crippen molar-refractivity contribution in [2.45, 2.75) is 24.8 Å². The standard InChI is InChI=1S/C18H20N6O3S/c1-11(2)24-17-12(9-20-24)7-13(10-19-17)21-28(26,27)14-5-6-15-16(8-14)23(4)18(25)22(15)3/h5-11,21H,1-4H3. The van der Waals surface area contributed by atoms with Crippen LogP contribution in [0.1, 0.15) is 19.9 Å². The molecule has 0 unspecified atom stereocenters. The highest BCUT2D eigenvalue weighted by molar-refractivity contribution is 7.92. The second kappa shape index (κ2) is 6.20. The second-order valence-electron chi connectivity index (χ2n) is 6.98. The number of nitrogens with zero attached hydrogens (tertiary/aromatic N) is 5. The largest absolute Gasteiger partial charge is 0.328 e. The van der Waals surface area contributed by atoms with Gasteiger partial charge in [-0.1, -0.05) is 0 Å². The molecule has 0 saturated carbocycles. The van der Waals surface area contributed by atoms with Crippen LogP contribution in [0.4, 0.5) is 5.69 Å². The number of aromatic nitrogens is 5. The first-order valence-electron chi connectivity index (χ1n) is 8.70. The summed E-state index contributed by atoms with van der Waals surface area (Å²) in [5.41, 5.74) is 2.03. The third kappa shape index (κ3) is 2.76. The van der Waals surface area contributed by atoms with Crippen molar-refractivity contribution in [3.05, 3.63) is 47.1 Å². The van der Waals surface area contributed by atoms with Crippen LogP contribution in [0.2, 0.25) is 0 Å². The zero-order valence-corrected chi connectivity index (χ0v) is 16.7. The molecule has 0 amide bonds. The molecule has 1 N–H and O–H groups in total. The lowest BCUT2D eigenvalue weighted by molar-refractivity contribution is 0.546. The first-order valence-corrected chi connectivity index (χ1v) is 10.2. The highest BCUT2D eigenvalue weighted by Gasteiger charge is 2.18. The van der Waals surface area contributed by atoms with Gasteiger partial charge in [-0.25, -0.2) is 22.9 Å². The number of rotatable bonds is 4. The number of aryl methyl sites for hydroxylation is 2. The normalized spacial score (nSPS) is 12.3. The van der Waals surface area contributed by atoms with E-state index in [4.69, 9.17) is 0 Å². The van der Waals surface area contributed by atoms with Gasteiger partial charge in [-0.3, -0.25) is 13.9 Å². The van der Waals surface area contributed by atoms with Crippen molar-refractivity contribution in [1.29, 1.82) is 0 Å². The number of sulfonamides is 1. The maximum Gasteiger partial charge on any atom is 0.328 e. The number of nitrogens with one attached hydrogen (secondary N) is 1. The summed E-state index contributed by atoms with van der Waals surface area (Å²) in [7, 11) is -0.587. The second-order valence-corrected chi connectivity index (χ2v) is 8.66. The number of pyridine rings is 1. The van der Waals surface area contributed by atoms with Crippen molar-refractivity contribution in [2.24, 2.45) is 14.1 Å². The van der Waals surface area contributed by atoms with E-state index in [1.54, 1.807) is 37.1 Å². The zero-order chi connectivity index (χ0) is 20.2. The Hall–Kier alpha value is -3.14. The van der Waals surface area contributed by atoms with Crippen molar-refractivity contribution < 1.29 is 8.42 Å². The number of fused-ring (bicyclic) bond motifs is 2. The summed E-state index contributed by atoms with van der Waals surface area (Å²) in [4.78, 5) is 16.5. The van der Waals surface area contributed by atoms with Crippen LogP contribution < -0.4 is 10.4 Å². The lowest BCUT2D eigenvalue weighted by Crippen LogP contribution is -2.19. The smallest absolute Gasteiger partial charge is 0.295 e. The Morgan fingerprint density at radius 1 is 1.04 bits per heavy atom. The van der Waals surface area contributed by atoms with Gasteiger partial charge in [0.1, 0.15) is 0 Å². The van der Waals surface area contributed by atoms with E-state index < -0.39 is 10.0 Å². The average molecular weight is 400 g/mol. The Labute approximate surface area is 161 Å².